The van der Waals surface area contributed by atoms with E-state index in [9.17, 15) is 14.7 Å². The zero-order chi connectivity index (χ0) is 26.1. The van der Waals surface area contributed by atoms with Crippen LogP contribution < -0.4 is 21.1 Å². The molecule has 0 saturated heterocycles. The summed E-state index contributed by atoms with van der Waals surface area (Å²) >= 11 is 3.49. The third-order valence-corrected chi connectivity index (χ3v) is 7.66. The summed E-state index contributed by atoms with van der Waals surface area (Å²) < 4.78 is 6.45. The number of halogens is 1. The number of aliphatic carboxylic acids is 1. The van der Waals surface area contributed by atoms with E-state index in [0.29, 0.717) is 30.3 Å². The van der Waals surface area contributed by atoms with E-state index in [1.54, 1.807) is 7.11 Å². The fourth-order valence-electron chi connectivity index (χ4n) is 4.80. The monoisotopic (exact) mass is 566 g/mol. The molecule has 1 aromatic heterocycles. The smallest absolute Gasteiger partial charge is 0.306 e. The molecule has 1 saturated carbocycles. The first-order valence-corrected chi connectivity index (χ1v) is 12.7. The van der Waals surface area contributed by atoms with E-state index in [1.165, 1.54) is 11.8 Å². The summed E-state index contributed by atoms with van der Waals surface area (Å²) in [4.78, 5) is 34.4. The molecule has 10 nitrogen and oxygen atoms in total. The lowest BCUT2D eigenvalue weighted by Crippen LogP contribution is -2.48. The number of primary amides is 1. The molecular formula is C26H27BrN6O4. The molecule has 0 unspecified atom stereocenters. The number of hydrogen-bond donors (Lipinski definition) is 4. The number of carbonyl (C=O) groups excluding carboxylic acids is 1. The first-order valence-electron chi connectivity index (χ1n) is 11.9. The van der Waals surface area contributed by atoms with Crippen LogP contribution in [-0.4, -0.2) is 51.5 Å². The van der Waals surface area contributed by atoms with Gasteiger partial charge in [-0.2, -0.15) is 4.98 Å². The highest BCUT2D eigenvalue weighted by atomic mass is 79.9. The van der Waals surface area contributed by atoms with Gasteiger partial charge in [-0.3, -0.25) is 14.5 Å². The number of para-hydroxylation sites is 1. The highest BCUT2D eigenvalue weighted by molar-refractivity contribution is 9.10. The van der Waals surface area contributed by atoms with E-state index in [0.717, 1.165) is 35.2 Å². The number of benzene rings is 2. The van der Waals surface area contributed by atoms with Gasteiger partial charge >= 0.3 is 5.97 Å². The van der Waals surface area contributed by atoms with Gasteiger partial charge in [0.05, 0.1) is 24.4 Å². The van der Waals surface area contributed by atoms with Crippen molar-refractivity contribution in [3.8, 4) is 5.75 Å². The maximum absolute atomic E-state index is 12.0. The SMILES string of the molecule is COc1cc2c(cc1Nc1ncc(C(N)=O)c(Nc3ccccc3Br)n1)CN(C1CC(C(=O)O)C1)CC2. The van der Waals surface area contributed by atoms with E-state index < -0.39 is 11.9 Å². The topological polar surface area (TPSA) is 143 Å². The van der Waals surface area contributed by atoms with Gasteiger partial charge in [-0.15, -0.1) is 0 Å². The minimum atomic E-state index is -0.708. The summed E-state index contributed by atoms with van der Waals surface area (Å²) in [5.41, 5.74) is 9.49. The lowest BCUT2D eigenvalue weighted by molar-refractivity contribution is -0.147. The van der Waals surface area contributed by atoms with Crippen LogP contribution in [0, 0.1) is 5.92 Å². The van der Waals surface area contributed by atoms with Gasteiger partial charge in [0, 0.05) is 29.8 Å². The predicted octanol–water partition coefficient (Wildman–Crippen LogP) is 4.06. The van der Waals surface area contributed by atoms with Crippen LogP contribution in [0.5, 0.6) is 5.75 Å². The summed E-state index contributed by atoms with van der Waals surface area (Å²) in [5.74, 6) is -0.384. The number of nitrogens with one attached hydrogen (secondary N) is 2. The first kappa shape index (κ1) is 25.0. The molecule has 2 heterocycles. The molecule has 1 fully saturated rings. The summed E-state index contributed by atoms with van der Waals surface area (Å²) in [6.07, 6.45) is 3.64. The molecule has 0 bridgehead atoms. The number of nitrogens with two attached hydrogens (primary N) is 1. The fourth-order valence-corrected chi connectivity index (χ4v) is 5.19. The van der Waals surface area contributed by atoms with Gasteiger partial charge in [-0.25, -0.2) is 4.98 Å². The zero-order valence-corrected chi connectivity index (χ0v) is 21.8. The van der Waals surface area contributed by atoms with Crippen LogP contribution in [0.3, 0.4) is 0 Å². The highest BCUT2D eigenvalue weighted by Gasteiger charge is 2.38. The number of nitrogens with zero attached hydrogens (tertiary/aromatic N) is 3. The van der Waals surface area contributed by atoms with Crippen LogP contribution in [0.2, 0.25) is 0 Å². The Kier molecular flexibility index (Phi) is 6.98. The summed E-state index contributed by atoms with van der Waals surface area (Å²) in [5, 5.41) is 15.6. The fraction of sp³-hybridized carbons (Fsp3) is 0.308. The lowest BCUT2D eigenvalue weighted by Gasteiger charge is -2.43. The maximum atomic E-state index is 12.0. The van der Waals surface area contributed by atoms with Gasteiger partial charge in [0.2, 0.25) is 5.95 Å². The van der Waals surface area contributed by atoms with Crippen LogP contribution >= 0.6 is 15.9 Å². The van der Waals surface area contributed by atoms with Crippen LogP contribution in [-0.2, 0) is 17.8 Å². The molecule has 1 aliphatic carbocycles. The number of carboxylic acids is 1. The van der Waals surface area contributed by atoms with Crippen molar-refractivity contribution in [2.45, 2.75) is 31.8 Å². The number of fused-ring (bicyclic) bond motifs is 1. The van der Waals surface area contributed by atoms with Crippen LogP contribution in [0.4, 0.5) is 23.1 Å². The molecule has 5 rings (SSSR count). The van der Waals surface area contributed by atoms with Gasteiger partial charge < -0.3 is 26.2 Å². The van der Waals surface area contributed by atoms with E-state index in [-0.39, 0.29) is 23.2 Å². The van der Waals surface area contributed by atoms with Crippen molar-refractivity contribution in [1.82, 2.24) is 14.9 Å². The van der Waals surface area contributed by atoms with Gasteiger partial charge in [0.1, 0.15) is 17.1 Å². The summed E-state index contributed by atoms with van der Waals surface area (Å²) in [6, 6.07) is 11.8. The Bertz CT molecular complexity index is 1360. The van der Waals surface area contributed by atoms with Crippen molar-refractivity contribution in [2.24, 2.45) is 11.7 Å². The minimum absolute atomic E-state index is 0.162. The molecule has 0 atom stereocenters. The average Bonchev–Trinajstić information content (AvgIpc) is 2.84. The standard InChI is InChI=1S/C26H27BrN6O4/c1-37-22-11-14-6-7-33(17-8-15(9-17)25(35)36)13-16(14)10-21(22)31-26-29-12-18(23(28)34)24(32-26)30-20-5-3-2-4-19(20)27/h2-5,10-12,15,17H,6-9,13H2,1H3,(H2,28,34)(H,35,36)(H2,29,30,31,32). The van der Waals surface area contributed by atoms with Crippen LogP contribution in [0.1, 0.15) is 34.3 Å². The quantitative estimate of drug-likeness (QED) is 0.317. The molecule has 2 aliphatic rings. The molecular weight excluding hydrogens is 540 g/mol. The van der Waals surface area contributed by atoms with E-state index in [1.807, 2.05) is 36.4 Å². The molecule has 1 aliphatic heterocycles. The van der Waals surface area contributed by atoms with Crippen molar-refractivity contribution in [2.75, 3.05) is 24.3 Å². The van der Waals surface area contributed by atoms with E-state index >= 15 is 0 Å². The van der Waals surface area contributed by atoms with Crippen molar-refractivity contribution in [3.63, 3.8) is 0 Å². The minimum Gasteiger partial charge on any atom is -0.495 e. The number of rotatable bonds is 8. The third-order valence-electron chi connectivity index (χ3n) is 6.97. The van der Waals surface area contributed by atoms with Gasteiger partial charge in [-0.1, -0.05) is 12.1 Å². The van der Waals surface area contributed by atoms with Gasteiger partial charge in [0.15, 0.2) is 0 Å². The Morgan fingerprint density at radius 1 is 1.16 bits per heavy atom. The van der Waals surface area contributed by atoms with Crippen LogP contribution in [0.25, 0.3) is 0 Å². The highest BCUT2D eigenvalue weighted by Crippen LogP contribution is 2.38. The predicted molar refractivity (Wildman–Crippen MR) is 143 cm³/mol. The van der Waals surface area contributed by atoms with Gasteiger partial charge in [0.25, 0.3) is 5.91 Å². The number of carboxylic acid groups (broad SMARTS) is 1. The Morgan fingerprint density at radius 3 is 2.65 bits per heavy atom. The molecule has 0 radical (unpaired) electrons. The number of aromatic nitrogens is 2. The van der Waals surface area contributed by atoms with Crippen LogP contribution in [0.15, 0.2) is 47.1 Å². The maximum Gasteiger partial charge on any atom is 0.306 e. The Balaban J connectivity index is 1.39. The number of ether oxygens (including phenoxy) is 1. The number of carbonyl (C=O) groups is 2. The molecule has 1 amide bonds. The third kappa shape index (κ3) is 5.23. The van der Waals surface area contributed by atoms with Gasteiger partial charge in [-0.05, 0) is 70.6 Å². The van der Waals surface area contributed by atoms with Crippen molar-refractivity contribution < 1.29 is 19.4 Å². The molecule has 3 aromatic rings. The van der Waals surface area contributed by atoms with Crippen molar-refractivity contribution in [1.29, 1.82) is 0 Å². The molecule has 0 spiro atoms. The largest absolute Gasteiger partial charge is 0.495 e. The molecule has 192 valence electrons. The average molecular weight is 567 g/mol. The summed E-state index contributed by atoms with van der Waals surface area (Å²) in [7, 11) is 1.61. The Labute approximate surface area is 222 Å². The van der Waals surface area contributed by atoms with E-state index in [2.05, 4.69) is 41.4 Å². The number of methoxy groups -OCH3 is 1. The number of hydrogen-bond acceptors (Lipinski definition) is 8. The second-order valence-electron chi connectivity index (χ2n) is 9.25. The molecule has 11 heteroatoms. The van der Waals surface area contributed by atoms with Crippen molar-refractivity contribution in [3.05, 3.63) is 63.8 Å². The van der Waals surface area contributed by atoms with E-state index in [4.69, 9.17) is 10.5 Å². The first-order chi connectivity index (χ1) is 17.8. The number of amides is 1. The molecule has 5 N–H and O–H groups in total. The Morgan fingerprint density at radius 2 is 1.95 bits per heavy atom. The zero-order valence-electron chi connectivity index (χ0n) is 20.2. The Hall–Kier alpha value is -3.70. The lowest BCUT2D eigenvalue weighted by atomic mass is 9.78. The molecule has 37 heavy (non-hydrogen) atoms. The van der Waals surface area contributed by atoms with Crippen molar-refractivity contribution >= 4 is 50.9 Å². The number of anilines is 4. The molecule has 2 aromatic carbocycles. The second kappa shape index (κ2) is 10.3. The second-order valence-corrected chi connectivity index (χ2v) is 10.1. The normalized spacial score (nSPS) is 18.9. The summed E-state index contributed by atoms with van der Waals surface area (Å²) in [6.45, 7) is 1.63.